The van der Waals surface area contributed by atoms with Crippen LogP contribution in [0.2, 0.25) is 0 Å². The number of benzene rings is 2. The third-order valence-electron chi connectivity index (χ3n) is 4.84. The lowest BCUT2D eigenvalue weighted by Crippen LogP contribution is -2.40. The third-order valence-corrected chi connectivity index (χ3v) is 7.03. The van der Waals surface area contributed by atoms with E-state index in [4.69, 9.17) is 4.74 Å². The fourth-order valence-electron chi connectivity index (χ4n) is 3.20. The number of nitrogens with zero attached hydrogens (tertiary/aromatic N) is 1. The molecular weight excluding hydrogens is 574 g/mol. The first-order chi connectivity index (χ1) is 15.6. The normalized spacial score (nSPS) is 14.6. The highest BCUT2D eigenvalue weighted by molar-refractivity contribution is 14.1. The molecule has 0 aliphatic carbocycles. The molecule has 1 fully saturated rings. The number of esters is 1. The molecule has 2 aromatic carbocycles. The van der Waals surface area contributed by atoms with Crippen LogP contribution in [0.15, 0.2) is 42.0 Å². The van der Waals surface area contributed by atoms with Crippen LogP contribution in [0.4, 0.5) is 30.2 Å². The molecule has 1 saturated heterocycles. The van der Waals surface area contributed by atoms with Crippen LogP contribution in [-0.4, -0.2) is 38.4 Å². The molecule has 1 aliphatic rings. The quantitative estimate of drug-likeness (QED) is 0.276. The fourth-order valence-corrected chi connectivity index (χ4v) is 4.89. The Morgan fingerprint density at radius 2 is 1.79 bits per heavy atom. The molecule has 2 aromatic rings. The summed E-state index contributed by atoms with van der Waals surface area (Å²) < 4.78 is 77.3. The molecule has 0 atom stereocenters. The van der Waals surface area contributed by atoms with E-state index in [1.807, 2.05) is 22.6 Å². The van der Waals surface area contributed by atoms with Gasteiger partial charge in [0.2, 0.25) is 0 Å². The molecule has 0 aromatic heterocycles. The fraction of sp³-hybridized carbons (Fsp3) is 0.286. The second kappa shape index (κ2) is 10.7. The Labute approximate surface area is 203 Å². The summed E-state index contributed by atoms with van der Waals surface area (Å²) in [5.41, 5.74) is -0.213. The molecule has 0 bridgehead atoms. The Hall–Kier alpha value is -2.32. The van der Waals surface area contributed by atoms with Crippen molar-refractivity contribution < 1.29 is 31.1 Å². The minimum atomic E-state index is -4.14. The number of rotatable bonds is 7. The number of anilines is 3. The predicted octanol–water partition coefficient (Wildman–Crippen LogP) is 4.69. The van der Waals surface area contributed by atoms with Crippen LogP contribution in [0.25, 0.3) is 0 Å². The van der Waals surface area contributed by atoms with Crippen LogP contribution >= 0.6 is 22.6 Å². The lowest BCUT2D eigenvalue weighted by atomic mass is 10.1. The zero-order valence-electron chi connectivity index (χ0n) is 17.5. The Bertz CT molecular complexity index is 1180. The van der Waals surface area contributed by atoms with Gasteiger partial charge in [0, 0.05) is 22.7 Å². The van der Waals surface area contributed by atoms with E-state index < -0.39 is 39.3 Å². The SMILES string of the molecule is CCOC(=O)C=C1CCN(S(=O)(=O)Nc2ccc(F)c(F)c2Nc2ccc(I)cc2F)CC1. The molecular formula is C21H21F3IN3O4S. The molecule has 7 nitrogen and oxygen atoms in total. The van der Waals surface area contributed by atoms with Gasteiger partial charge in [-0.25, -0.2) is 18.0 Å². The van der Waals surface area contributed by atoms with E-state index in [2.05, 4.69) is 10.0 Å². The minimum absolute atomic E-state index is 0.0821. The summed E-state index contributed by atoms with van der Waals surface area (Å²) in [5, 5.41) is 2.44. The van der Waals surface area contributed by atoms with Crippen molar-refractivity contribution in [2.45, 2.75) is 19.8 Å². The maximum absolute atomic E-state index is 14.6. The molecule has 0 saturated carbocycles. The molecule has 0 radical (unpaired) electrons. The molecule has 1 heterocycles. The predicted molar refractivity (Wildman–Crippen MR) is 127 cm³/mol. The molecule has 33 heavy (non-hydrogen) atoms. The van der Waals surface area contributed by atoms with E-state index in [1.165, 1.54) is 18.2 Å². The highest BCUT2D eigenvalue weighted by Crippen LogP contribution is 2.33. The van der Waals surface area contributed by atoms with Gasteiger partial charge in [-0.3, -0.25) is 4.72 Å². The topological polar surface area (TPSA) is 87.7 Å². The number of hydrogen-bond acceptors (Lipinski definition) is 5. The van der Waals surface area contributed by atoms with E-state index in [1.54, 1.807) is 13.0 Å². The second-order valence-electron chi connectivity index (χ2n) is 7.09. The van der Waals surface area contributed by atoms with Crippen molar-refractivity contribution in [3.05, 3.63) is 63.0 Å². The average Bonchev–Trinajstić information content (AvgIpc) is 2.75. The van der Waals surface area contributed by atoms with Crippen LogP contribution in [0.1, 0.15) is 19.8 Å². The number of piperidine rings is 1. The van der Waals surface area contributed by atoms with Crippen molar-refractivity contribution in [2.24, 2.45) is 0 Å². The number of carbonyl (C=O) groups excluding carboxylic acids is 1. The van der Waals surface area contributed by atoms with Gasteiger partial charge in [-0.05, 0) is 72.7 Å². The minimum Gasteiger partial charge on any atom is -0.463 e. The second-order valence-corrected chi connectivity index (χ2v) is 10.0. The molecule has 0 spiro atoms. The molecule has 0 unspecified atom stereocenters. The lowest BCUT2D eigenvalue weighted by Gasteiger charge is -2.28. The van der Waals surface area contributed by atoms with Crippen molar-refractivity contribution in [3.8, 4) is 0 Å². The van der Waals surface area contributed by atoms with Crippen LogP contribution in [0, 0.1) is 21.0 Å². The molecule has 178 valence electrons. The Morgan fingerprint density at radius 3 is 2.42 bits per heavy atom. The number of halogens is 4. The van der Waals surface area contributed by atoms with Gasteiger partial charge in [0.25, 0.3) is 0 Å². The standard InChI is InChI=1S/C21H21F3IN3O4S/c1-2-32-19(29)11-13-7-9-28(10-8-13)33(30,31)27-18-6-4-15(22)20(24)21(18)26-17-5-3-14(25)12-16(17)23/h3-6,11-12,26-27H,2,7-10H2,1H3. The van der Waals surface area contributed by atoms with Gasteiger partial charge < -0.3 is 10.1 Å². The van der Waals surface area contributed by atoms with Crippen molar-refractivity contribution in [3.63, 3.8) is 0 Å². The summed E-state index contributed by atoms with van der Waals surface area (Å²) in [5.74, 6) is -3.77. The third kappa shape index (κ3) is 6.38. The molecule has 12 heteroatoms. The summed E-state index contributed by atoms with van der Waals surface area (Å²) >= 11 is 1.90. The Morgan fingerprint density at radius 1 is 1.12 bits per heavy atom. The number of hydrogen-bond donors (Lipinski definition) is 2. The lowest BCUT2D eigenvalue weighted by molar-refractivity contribution is -0.137. The molecule has 1 aliphatic heterocycles. The van der Waals surface area contributed by atoms with Crippen LogP contribution < -0.4 is 10.0 Å². The summed E-state index contributed by atoms with van der Waals surface area (Å²) in [6.45, 7) is 2.09. The first-order valence-electron chi connectivity index (χ1n) is 9.95. The maximum Gasteiger partial charge on any atom is 0.330 e. The highest BCUT2D eigenvalue weighted by atomic mass is 127. The van der Waals surface area contributed by atoms with Gasteiger partial charge in [0.15, 0.2) is 11.6 Å². The van der Waals surface area contributed by atoms with Gasteiger partial charge in [0.1, 0.15) is 11.5 Å². The molecule has 3 rings (SSSR count). The van der Waals surface area contributed by atoms with Gasteiger partial charge in [-0.1, -0.05) is 5.57 Å². The van der Waals surface area contributed by atoms with E-state index >= 15 is 0 Å². The van der Waals surface area contributed by atoms with Crippen LogP contribution in [-0.2, 0) is 19.7 Å². The largest absolute Gasteiger partial charge is 0.463 e. The zero-order valence-corrected chi connectivity index (χ0v) is 20.5. The number of ether oxygens (including phenoxy) is 1. The van der Waals surface area contributed by atoms with E-state index in [9.17, 15) is 26.4 Å². The molecule has 0 amide bonds. The zero-order chi connectivity index (χ0) is 24.2. The van der Waals surface area contributed by atoms with Crippen LogP contribution in [0.5, 0.6) is 0 Å². The van der Waals surface area contributed by atoms with Crippen LogP contribution in [0.3, 0.4) is 0 Å². The highest BCUT2D eigenvalue weighted by Gasteiger charge is 2.28. The smallest absolute Gasteiger partial charge is 0.330 e. The molecule has 2 N–H and O–H groups in total. The monoisotopic (exact) mass is 595 g/mol. The Kier molecular flexibility index (Phi) is 8.23. The summed E-state index contributed by atoms with van der Waals surface area (Å²) in [6, 6.07) is 5.92. The van der Waals surface area contributed by atoms with Gasteiger partial charge in [0.05, 0.1) is 18.0 Å². The number of carbonyl (C=O) groups is 1. The number of nitrogens with one attached hydrogen (secondary N) is 2. The van der Waals surface area contributed by atoms with E-state index in [0.717, 1.165) is 22.0 Å². The Balaban J connectivity index is 1.80. The first kappa shape index (κ1) is 25.3. The first-order valence-corrected chi connectivity index (χ1v) is 12.5. The van der Waals surface area contributed by atoms with Crippen molar-refractivity contribution in [2.75, 3.05) is 29.7 Å². The van der Waals surface area contributed by atoms with E-state index in [-0.39, 0.29) is 31.1 Å². The van der Waals surface area contributed by atoms with E-state index in [0.29, 0.717) is 16.4 Å². The van der Waals surface area contributed by atoms with Crippen molar-refractivity contribution >= 4 is 55.8 Å². The maximum atomic E-state index is 14.6. The van der Waals surface area contributed by atoms with Crippen molar-refractivity contribution in [1.29, 1.82) is 0 Å². The van der Waals surface area contributed by atoms with Gasteiger partial charge >= 0.3 is 16.2 Å². The van der Waals surface area contributed by atoms with Crippen molar-refractivity contribution in [1.82, 2.24) is 4.31 Å². The summed E-state index contributed by atoms with van der Waals surface area (Å²) in [6.07, 6.45) is 1.99. The summed E-state index contributed by atoms with van der Waals surface area (Å²) in [7, 11) is -4.14. The van der Waals surface area contributed by atoms with Gasteiger partial charge in [-0.2, -0.15) is 12.7 Å². The average molecular weight is 595 g/mol. The van der Waals surface area contributed by atoms with Gasteiger partial charge in [-0.15, -0.1) is 0 Å². The summed E-state index contributed by atoms with van der Waals surface area (Å²) in [4.78, 5) is 11.6.